The summed E-state index contributed by atoms with van der Waals surface area (Å²) in [6.07, 6.45) is -18.5. The highest BCUT2D eigenvalue weighted by Gasteiger charge is 2.55. The first-order chi connectivity index (χ1) is 25.9. The van der Waals surface area contributed by atoms with Crippen LogP contribution in [-0.4, -0.2) is 217 Å². The molecule has 2 rings (SSSR count). The van der Waals surface area contributed by atoms with Crippen LogP contribution in [0.15, 0.2) is 0 Å². The number of ether oxygens (including phenoxy) is 11. The Bertz CT molecular complexity index is 969. The van der Waals surface area contributed by atoms with Crippen molar-refractivity contribution in [3.63, 3.8) is 0 Å². The first-order valence-corrected chi connectivity index (χ1v) is 19.1. The molecule has 0 radical (unpaired) electrons. The summed E-state index contributed by atoms with van der Waals surface area (Å²) in [6, 6.07) is 0. The van der Waals surface area contributed by atoms with E-state index in [0.29, 0.717) is 0 Å². The maximum Gasteiger partial charge on any atom is 0.187 e. The van der Waals surface area contributed by atoms with Gasteiger partial charge in [-0.3, -0.25) is 0 Å². The van der Waals surface area contributed by atoms with E-state index in [1.165, 1.54) is 41.5 Å². The van der Waals surface area contributed by atoms with E-state index in [2.05, 4.69) is 0 Å². The van der Waals surface area contributed by atoms with Crippen LogP contribution >= 0.6 is 0 Å². The fourth-order valence-corrected chi connectivity index (χ4v) is 5.72. The van der Waals surface area contributed by atoms with Gasteiger partial charge in [0.25, 0.3) is 0 Å². The molecule has 0 saturated carbocycles. The van der Waals surface area contributed by atoms with E-state index in [9.17, 15) is 40.9 Å². The van der Waals surface area contributed by atoms with Gasteiger partial charge < -0.3 is 93.0 Å². The minimum atomic E-state index is -1.39. The summed E-state index contributed by atoms with van der Waals surface area (Å²) in [5.74, 6) is 0. The summed E-state index contributed by atoms with van der Waals surface area (Å²) in [5, 5.41) is 81.2. The Labute approximate surface area is 324 Å². The number of rotatable bonds is 28. The van der Waals surface area contributed by atoms with Gasteiger partial charge in [-0.05, 0) is 55.4 Å². The third kappa shape index (κ3) is 19.2. The van der Waals surface area contributed by atoms with Crippen molar-refractivity contribution in [2.45, 2.75) is 166 Å². The summed E-state index contributed by atoms with van der Waals surface area (Å²) in [4.78, 5) is 0. The lowest BCUT2D eigenvalue weighted by Gasteiger charge is -2.50. The Morgan fingerprint density at radius 1 is 0.345 bits per heavy atom. The van der Waals surface area contributed by atoms with Crippen molar-refractivity contribution in [2.75, 3.05) is 66.1 Å². The zero-order chi connectivity index (χ0) is 41.2. The van der Waals surface area contributed by atoms with E-state index in [4.69, 9.17) is 52.1 Å². The molecular formula is C36H70O19. The van der Waals surface area contributed by atoms with Crippen molar-refractivity contribution >= 4 is 0 Å². The van der Waals surface area contributed by atoms with E-state index in [1.807, 2.05) is 0 Å². The molecule has 0 aromatic heterocycles. The summed E-state index contributed by atoms with van der Waals surface area (Å²) in [6.45, 7) is 10.7. The summed E-state index contributed by atoms with van der Waals surface area (Å²) in [5.41, 5.74) is 0. The Kier molecular flexibility index (Phi) is 24.1. The average Bonchev–Trinajstić information content (AvgIpc) is 3.07. The fourth-order valence-electron chi connectivity index (χ4n) is 5.72. The first-order valence-electron chi connectivity index (χ1n) is 19.1. The van der Waals surface area contributed by atoms with E-state index < -0.39 is 110 Å². The standard InChI is InChI=1S/C36H70O19/c1-19(37)9-45-17-27-29(47-11-21(3)39)31(48-12-22(4)40)34(51-15-25(7)43)36(54-27)55-30-28(18-46-10-20(2)38)53-35(52-16-26(8)44)33(50-14-24(6)42)32(30)49-13-23(5)41/h19-44H,9-18H2,1-8H3/t19-,20-,21-,22-,23-,24-,25-,26-,27+,28+,29+,30+,31-,32-,33+,34+,35+,36+/m0/s1. The third-order valence-electron chi connectivity index (χ3n) is 7.91. The molecule has 0 amide bonds. The lowest BCUT2D eigenvalue weighted by atomic mass is 9.95. The van der Waals surface area contributed by atoms with Crippen LogP contribution in [0.5, 0.6) is 0 Å². The number of hydrogen-bond donors (Lipinski definition) is 8. The number of hydrogen-bond acceptors (Lipinski definition) is 19. The van der Waals surface area contributed by atoms with Crippen LogP contribution in [0.25, 0.3) is 0 Å². The second-order valence-corrected chi connectivity index (χ2v) is 14.9. The molecule has 8 N–H and O–H groups in total. The predicted octanol–water partition coefficient (Wildman–Crippen LogP) is -2.16. The average molecular weight is 807 g/mol. The van der Waals surface area contributed by atoms with Gasteiger partial charge in [-0.1, -0.05) is 0 Å². The molecular weight excluding hydrogens is 736 g/mol. The molecule has 18 atom stereocenters. The molecule has 2 saturated heterocycles. The SMILES string of the molecule is C[C@H](O)COC[C@H]1O[C@H](O[C@H]2[C@H](OC[C@H](C)O)[C@@H](OC[C@H](C)O)[C@H](OC[C@H](C)O)O[C@@H]2COC[C@H](C)O)[C@H](OC[C@H](C)O)[C@@H](OC[C@H](C)O)[C@@H]1OC[C@H](C)O. The van der Waals surface area contributed by atoms with E-state index in [0.717, 1.165) is 0 Å². The van der Waals surface area contributed by atoms with Crippen LogP contribution in [0.2, 0.25) is 0 Å². The van der Waals surface area contributed by atoms with Crippen LogP contribution in [0, 0.1) is 0 Å². The third-order valence-corrected chi connectivity index (χ3v) is 7.91. The molecule has 328 valence electrons. The molecule has 0 aromatic carbocycles. The van der Waals surface area contributed by atoms with Gasteiger partial charge in [-0.25, -0.2) is 0 Å². The van der Waals surface area contributed by atoms with Crippen molar-refractivity contribution in [3.05, 3.63) is 0 Å². The minimum absolute atomic E-state index is 0.0553. The van der Waals surface area contributed by atoms with Crippen LogP contribution in [0.4, 0.5) is 0 Å². The van der Waals surface area contributed by atoms with Crippen molar-refractivity contribution in [1.82, 2.24) is 0 Å². The van der Waals surface area contributed by atoms with Crippen molar-refractivity contribution < 1.29 is 93.0 Å². The van der Waals surface area contributed by atoms with Gasteiger partial charge in [0, 0.05) is 0 Å². The minimum Gasteiger partial charge on any atom is -0.391 e. The molecule has 0 aliphatic carbocycles. The molecule has 2 aliphatic heterocycles. The van der Waals surface area contributed by atoms with E-state index >= 15 is 0 Å². The molecule has 0 aromatic rings. The van der Waals surface area contributed by atoms with Gasteiger partial charge in [0.1, 0.15) is 48.8 Å². The lowest BCUT2D eigenvalue weighted by molar-refractivity contribution is -0.377. The monoisotopic (exact) mass is 806 g/mol. The van der Waals surface area contributed by atoms with Gasteiger partial charge in [-0.15, -0.1) is 0 Å². The largest absolute Gasteiger partial charge is 0.391 e. The molecule has 0 spiro atoms. The highest BCUT2D eigenvalue weighted by Crippen LogP contribution is 2.35. The topological polar surface area (TPSA) is 263 Å². The van der Waals surface area contributed by atoms with Gasteiger partial charge >= 0.3 is 0 Å². The lowest BCUT2D eigenvalue weighted by Crippen LogP contribution is -2.67. The predicted molar refractivity (Wildman–Crippen MR) is 192 cm³/mol. The van der Waals surface area contributed by atoms with Crippen LogP contribution in [0.3, 0.4) is 0 Å². The van der Waals surface area contributed by atoms with E-state index in [1.54, 1.807) is 13.8 Å². The highest BCUT2D eigenvalue weighted by atomic mass is 16.8. The van der Waals surface area contributed by atoms with Crippen molar-refractivity contribution in [3.8, 4) is 0 Å². The van der Waals surface area contributed by atoms with Crippen LogP contribution < -0.4 is 0 Å². The Morgan fingerprint density at radius 2 is 0.636 bits per heavy atom. The normalized spacial score (nSPS) is 33.4. The van der Waals surface area contributed by atoms with Crippen molar-refractivity contribution in [2.24, 2.45) is 0 Å². The van der Waals surface area contributed by atoms with Gasteiger partial charge in [0.05, 0.1) is 115 Å². The van der Waals surface area contributed by atoms with Crippen molar-refractivity contribution in [1.29, 1.82) is 0 Å². The Balaban J connectivity index is 2.73. The first kappa shape index (κ1) is 50.4. The highest BCUT2D eigenvalue weighted by molar-refractivity contribution is 4.98. The quantitative estimate of drug-likeness (QED) is 0.0419. The van der Waals surface area contributed by atoms with Crippen LogP contribution in [-0.2, 0) is 52.1 Å². The molecule has 0 bridgehead atoms. The molecule has 0 unspecified atom stereocenters. The second-order valence-electron chi connectivity index (χ2n) is 14.9. The Morgan fingerprint density at radius 3 is 1.04 bits per heavy atom. The van der Waals surface area contributed by atoms with Crippen LogP contribution in [0.1, 0.15) is 55.4 Å². The van der Waals surface area contributed by atoms with Gasteiger partial charge in [0.2, 0.25) is 0 Å². The second kappa shape index (κ2) is 26.4. The van der Waals surface area contributed by atoms with E-state index in [-0.39, 0.29) is 66.1 Å². The summed E-state index contributed by atoms with van der Waals surface area (Å²) < 4.78 is 68.1. The molecule has 55 heavy (non-hydrogen) atoms. The maximum atomic E-state index is 10.3. The summed E-state index contributed by atoms with van der Waals surface area (Å²) in [7, 11) is 0. The maximum absolute atomic E-state index is 10.3. The number of aliphatic hydroxyl groups excluding tert-OH is 8. The number of aliphatic hydroxyl groups is 8. The molecule has 19 heteroatoms. The zero-order valence-electron chi connectivity index (χ0n) is 33.5. The Hall–Kier alpha value is -0.760. The molecule has 19 nitrogen and oxygen atoms in total. The molecule has 2 fully saturated rings. The zero-order valence-corrected chi connectivity index (χ0v) is 33.5. The summed E-state index contributed by atoms with van der Waals surface area (Å²) >= 11 is 0. The molecule has 2 heterocycles. The smallest absolute Gasteiger partial charge is 0.187 e. The van der Waals surface area contributed by atoms with Gasteiger partial charge in [-0.2, -0.15) is 0 Å². The molecule has 2 aliphatic rings. The fraction of sp³-hybridized carbons (Fsp3) is 1.00. The van der Waals surface area contributed by atoms with Gasteiger partial charge in [0.15, 0.2) is 12.6 Å².